The largest absolute Gasteiger partial charge is 0.497 e. The third kappa shape index (κ3) is 16.1. The number of hydrogen-bond donors (Lipinski definition) is 4. The Morgan fingerprint density at radius 1 is 0.968 bits per heavy atom. The van der Waals surface area contributed by atoms with Crippen LogP contribution in [0.25, 0.3) is 0 Å². The first-order chi connectivity index (χ1) is 28.3. The number of aliphatic carboxylic acids is 2. The Morgan fingerprint density at radius 2 is 1.61 bits per heavy atom. The Bertz CT molecular complexity index is 1910. The molecule has 4 aromatic rings. The van der Waals surface area contributed by atoms with Crippen molar-refractivity contribution in [2.45, 2.75) is 81.4 Å². The van der Waals surface area contributed by atoms with Crippen LogP contribution in [0.4, 0.5) is 0 Å². The van der Waals surface area contributed by atoms with Gasteiger partial charge in [0, 0.05) is 52.5 Å². The van der Waals surface area contributed by atoms with Crippen molar-refractivity contribution in [3.05, 3.63) is 142 Å². The molecule has 2 heterocycles. The second-order valence-electron chi connectivity index (χ2n) is 15.9. The molecular weight excluding hydrogens is 895 g/mol. The van der Waals surface area contributed by atoms with Gasteiger partial charge in [0.25, 0.3) is 0 Å². The van der Waals surface area contributed by atoms with Crippen LogP contribution in [0, 0.1) is 5.92 Å². The molecule has 62 heavy (non-hydrogen) atoms. The summed E-state index contributed by atoms with van der Waals surface area (Å²) >= 11 is 5.97. The number of ether oxygens (including phenoxy) is 1. The van der Waals surface area contributed by atoms with E-state index in [9.17, 15) is 14.7 Å². The zero-order chi connectivity index (χ0) is 43.0. The molecule has 1 aliphatic heterocycles. The number of aliphatic hydroxyl groups is 1. The maximum Gasteiger partial charge on any atom is 0.328 e. The van der Waals surface area contributed by atoms with Crippen molar-refractivity contribution in [3.63, 3.8) is 0 Å². The number of carboxylic acid groups (broad SMARTS) is 2. The van der Waals surface area contributed by atoms with Gasteiger partial charge in [-0.1, -0.05) is 79.0 Å². The molecule has 342 valence electrons. The van der Waals surface area contributed by atoms with E-state index in [4.69, 9.17) is 26.6 Å². The van der Waals surface area contributed by atoms with Crippen molar-refractivity contribution < 1.29 is 35.1 Å². The van der Waals surface area contributed by atoms with Crippen molar-refractivity contribution >= 4 is 52.9 Å². The molecule has 7 rings (SSSR count). The van der Waals surface area contributed by atoms with Crippen LogP contribution in [0.3, 0.4) is 0 Å². The number of methoxy groups -OCH3 is 1. The Balaban J connectivity index is 0.000000429. The van der Waals surface area contributed by atoms with Gasteiger partial charge < -0.3 is 40.6 Å². The lowest BCUT2D eigenvalue weighted by Gasteiger charge is -2.58. The fraction of sp³-hybridized carbons (Fsp3) is 0.438. The van der Waals surface area contributed by atoms with Crippen LogP contribution in [0.2, 0.25) is 5.02 Å². The minimum atomic E-state index is -1.26. The molecule has 11 nitrogen and oxygen atoms in total. The van der Waals surface area contributed by atoms with Crippen molar-refractivity contribution in [1.82, 2.24) is 20.1 Å². The second kappa shape index (κ2) is 28.0. The third-order valence-corrected chi connectivity index (χ3v) is 12.2. The minimum Gasteiger partial charge on any atom is -0.497 e. The topological polar surface area (TPSA) is 167 Å². The highest BCUT2D eigenvalue weighted by molar-refractivity contribution is 8.93. The third-order valence-electron chi connectivity index (χ3n) is 11.9. The first kappa shape index (κ1) is 56.2. The van der Waals surface area contributed by atoms with Crippen LogP contribution in [-0.2, 0) is 21.4 Å². The Kier molecular flexibility index (Phi) is 25.4. The number of carboxylic acids is 2. The molecule has 0 spiro atoms. The molecule has 0 radical (unpaired) electrons. The Labute approximate surface area is 390 Å². The van der Waals surface area contributed by atoms with E-state index < -0.39 is 18.0 Å². The van der Waals surface area contributed by atoms with Gasteiger partial charge in [-0.25, -0.2) is 9.59 Å². The number of carbonyl (C=O) groups is 2. The average Bonchev–Trinajstić information content (AvgIpc) is 3.25. The zero-order valence-electron chi connectivity index (χ0n) is 36.7. The predicted molar refractivity (Wildman–Crippen MR) is 258 cm³/mol. The maximum atomic E-state index is 9.73. The van der Waals surface area contributed by atoms with Gasteiger partial charge in [0.05, 0.1) is 13.2 Å². The van der Waals surface area contributed by atoms with E-state index in [1.165, 1.54) is 50.6 Å². The van der Waals surface area contributed by atoms with Crippen LogP contribution < -0.4 is 10.1 Å². The number of piperidine rings is 1. The molecule has 1 aromatic heterocycles. The average molecular weight is 963 g/mol. The number of likely N-dealkylation sites (tertiary alicyclic amines) is 1. The quantitative estimate of drug-likeness (QED) is 0.107. The highest BCUT2D eigenvalue weighted by Gasteiger charge is 2.53. The summed E-state index contributed by atoms with van der Waals surface area (Å²) in [5.74, 6) is -0.282. The molecule has 1 unspecified atom stereocenters. The van der Waals surface area contributed by atoms with E-state index in [0.29, 0.717) is 23.5 Å². The number of benzene rings is 3. The second-order valence-corrected chi connectivity index (χ2v) is 16.4. The van der Waals surface area contributed by atoms with Gasteiger partial charge in [0.1, 0.15) is 5.75 Å². The number of halogens is 3. The monoisotopic (exact) mass is 960 g/mol. The number of likely N-dealkylation sites (N-methyl/N-ethyl adjacent to an activating group) is 2. The van der Waals surface area contributed by atoms with Crippen LogP contribution >= 0.6 is 41.0 Å². The molecule has 6 N–H and O–H groups in total. The first-order valence-electron chi connectivity index (χ1n) is 20.5. The number of aliphatic hydroxyl groups excluding tert-OH is 1. The lowest BCUT2D eigenvalue weighted by molar-refractivity contribution is -0.134. The molecule has 1 saturated heterocycles. The molecule has 0 amide bonds. The first-order valence-corrected chi connectivity index (χ1v) is 20.9. The normalized spacial score (nSPS) is 19.8. The molecule has 2 aliphatic carbocycles. The Morgan fingerprint density at radius 3 is 2.18 bits per heavy atom. The number of aromatic nitrogens is 1. The van der Waals surface area contributed by atoms with Gasteiger partial charge in [-0.2, -0.15) is 0 Å². The van der Waals surface area contributed by atoms with Gasteiger partial charge >= 0.3 is 11.9 Å². The number of nitrogens with zero attached hydrogens (tertiary/aromatic N) is 3. The fourth-order valence-electron chi connectivity index (χ4n) is 8.69. The molecule has 14 heteroatoms. The predicted octanol–water partition coefficient (Wildman–Crippen LogP) is 8.42. The number of hydrogen-bond acceptors (Lipinski definition) is 8. The summed E-state index contributed by atoms with van der Waals surface area (Å²) in [4.78, 5) is 28.4. The van der Waals surface area contributed by atoms with Crippen LogP contribution in [-0.4, -0.2) is 108 Å². The van der Waals surface area contributed by atoms with Crippen LogP contribution in [0.1, 0.15) is 85.4 Å². The summed E-state index contributed by atoms with van der Waals surface area (Å²) in [5, 5.41) is 29.1. The number of nitrogens with one attached hydrogen (secondary N) is 1. The number of fused-ring (bicyclic) bond motifs is 1. The molecule has 2 fully saturated rings. The zero-order valence-corrected chi connectivity index (χ0v) is 40.0. The van der Waals surface area contributed by atoms with E-state index in [1.54, 1.807) is 18.2 Å². The standard InChI is InChI=1S/C18H25NO.C16H19ClN2.C10H15NO.C4H4O4.BrH.ClH.H2O/c1-19-10-9-18-8-4-3-5-15(18)17(19)11-13-6-7-14(20-2)12-16(13)18;1-19(2)12-10-15(16-5-3-4-11-18-16)13-6-8-14(17)9-7-13;1-8(11-2)10(12)9-6-4-3-5-7-9;5-3(6)1-2-4(7)8;;;/h6-7,12,15,17H,3-5,8-11H2,1-2H3;3-9,11,15H,10,12H2,1-2H3;3-8,10-12H,1-2H3;1-2H,(H,5,6)(H,7,8);2*1H;1H2/b;;;2-1-;;;/t15-,17+,18+;;8-,10+;;;;/m1.0..../s1. The molecule has 1 saturated carbocycles. The number of rotatable bonds is 11. The van der Waals surface area contributed by atoms with E-state index in [-0.39, 0.29) is 40.9 Å². The molecule has 3 aliphatic rings. The minimum absolute atomic E-state index is 0. The van der Waals surface area contributed by atoms with Gasteiger partial charge in [-0.05, 0) is 145 Å². The molecule has 6 atom stereocenters. The Hall–Kier alpha value is -3.85. The SMILES string of the molecule is Br.CN(C)CCC(c1ccc(Cl)cc1)c1ccccn1.CN[C@@H](C)[C@@H](O)c1ccccc1.COc1ccc2c(c1)[C@]13CCCC[C@@H]1[C@H](C2)N(C)CC3.Cl.O.O=C(O)/C=C\C(=O)O. The molecule has 3 aromatic carbocycles. The summed E-state index contributed by atoms with van der Waals surface area (Å²) in [5.41, 5.74) is 7.01. The van der Waals surface area contributed by atoms with Crippen molar-refractivity contribution in [1.29, 1.82) is 0 Å². The smallest absolute Gasteiger partial charge is 0.328 e. The van der Waals surface area contributed by atoms with Gasteiger partial charge in [-0.3, -0.25) is 4.98 Å². The van der Waals surface area contributed by atoms with Gasteiger partial charge in [0.15, 0.2) is 0 Å². The highest BCUT2D eigenvalue weighted by atomic mass is 79.9. The summed E-state index contributed by atoms with van der Waals surface area (Å²) in [7, 11) is 10.2. The van der Waals surface area contributed by atoms with Gasteiger partial charge in [-0.15, -0.1) is 29.4 Å². The van der Waals surface area contributed by atoms with E-state index >= 15 is 0 Å². The highest BCUT2D eigenvalue weighted by Crippen LogP contribution is 2.56. The summed E-state index contributed by atoms with van der Waals surface area (Å²) in [6, 6.07) is 31.5. The number of pyridine rings is 1. The van der Waals surface area contributed by atoms with Gasteiger partial charge in [0.2, 0.25) is 0 Å². The van der Waals surface area contributed by atoms with Crippen molar-refractivity contribution in [3.8, 4) is 5.75 Å². The van der Waals surface area contributed by atoms with E-state index in [2.05, 4.69) is 77.6 Å². The van der Waals surface area contributed by atoms with Crippen molar-refractivity contribution in [2.75, 3.05) is 48.4 Å². The summed E-state index contributed by atoms with van der Waals surface area (Å²) in [6.07, 6.45) is 11.8. The van der Waals surface area contributed by atoms with E-state index in [0.717, 1.165) is 47.0 Å². The van der Waals surface area contributed by atoms with Crippen LogP contribution in [0.5, 0.6) is 5.75 Å². The lowest BCUT2D eigenvalue weighted by atomic mass is 9.52. The van der Waals surface area contributed by atoms with Crippen LogP contribution in [0.15, 0.2) is 109 Å². The maximum absolute atomic E-state index is 9.73. The molecular formula is C48H67BrCl2N4O7. The fourth-order valence-corrected chi connectivity index (χ4v) is 8.82. The molecule has 2 bridgehead atoms. The summed E-state index contributed by atoms with van der Waals surface area (Å²) < 4.78 is 5.51. The lowest BCUT2D eigenvalue weighted by Crippen LogP contribution is -2.59. The van der Waals surface area contributed by atoms with Crippen molar-refractivity contribution in [2.24, 2.45) is 5.92 Å². The summed E-state index contributed by atoms with van der Waals surface area (Å²) in [6.45, 7) is 4.25. The van der Waals surface area contributed by atoms with E-state index in [1.807, 2.05) is 74.8 Å².